The zero-order chi connectivity index (χ0) is 15.5. The molecule has 2 atom stereocenters. The van der Waals surface area contributed by atoms with Crippen LogP contribution in [0.1, 0.15) is 31.5 Å². The summed E-state index contributed by atoms with van der Waals surface area (Å²) < 4.78 is 5.48. The molecule has 124 valence electrons. The summed E-state index contributed by atoms with van der Waals surface area (Å²) >= 11 is 0. The molecule has 0 amide bonds. The molecule has 0 aliphatic heterocycles. The van der Waals surface area contributed by atoms with E-state index in [0.29, 0.717) is 18.7 Å². The lowest BCUT2D eigenvalue weighted by atomic mass is 9.64. The number of halogens is 1. The van der Waals surface area contributed by atoms with Crippen LogP contribution >= 0.6 is 24.0 Å². The number of guanidine groups is 1. The molecule has 5 nitrogen and oxygen atoms in total. The van der Waals surface area contributed by atoms with Gasteiger partial charge in [-0.3, -0.25) is 9.98 Å². The largest absolute Gasteiger partial charge is 0.381 e. The Morgan fingerprint density at radius 2 is 2.23 bits per heavy atom. The fraction of sp³-hybridized carbons (Fsp3) is 0.625. The molecular formula is C16H27IN4O. The van der Waals surface area contributed by atoms with Crippen molar-refractivity contribution in [3.63, 3.8) is 0 Å². The SMILES string of the molecule is CN=C(NCc1ncccc1C)NC1CC(OC)C1(C)C.I. The van der Waals surface area contributed by atoms with Crippen molar-refractivity contribution in [2.75, 3.05) is 14.2 Å². The predicted molar refractivity (Wildman–Crippen MR) is 101 cm³/mol. The third-order valence-corrected chi connectivity index (χ3v) is 4.54. The van der Waals surface area contributed by atoms with E-state index in [0.717, 1.165) is 18.1 Å². The van der Waals surface area contributed by atoms with Crippen LogP contribution in [0.25, 0.3) is 0 Å². The Morgan fingerprint density at radius 3 is 2.77 bits per heavy atom. The maximum atomic E-state index is 5.48. The number of aliphatic imine (C=N–C) groups is 1. The normalized spacial score (nSPS) is 23.2. The lowest BCUT2D eigenvalue weighted by Gasteiger charge is -2.51. The van der Waals surface area contributed by atoms with Gasteiger partial charge >= 0.3 is 0 Å². The number of methoxy groups -OCH3 is 1. The highest BCUT2D eigenvalue weighted by Crippen LogP contribution is 2.42. The molecular weight excluding hydrogens is 391 g/mol. The van der Waals surface area contributed by atoms with Crippen molar-refractivity contribution in [2.45, 2.75) is 45.9 Å². The first-order valence-electron chi connectivity index (χ1n) is 7.39. The molecule has 0 saturated heterocycles. The molecule has 1 aliphatic rings. The van der Waals surface area contributed by atoms with Crippen molar-refractivity contribution in [1.29, 1.82) is 0 Å². The number of aryl methyl sites for hydroxylation is 1. The minimum Gasteiger partial charge on any atom is -0.381 e. The second-order valence-electron chi connectivity index (χ2n) is 6.17. The fourth-order valence-corrected chi connectivity index (χ4v) is 2.76. The van der Waals surface area contributed by atoms with Gasteiger partial charge in [0.15, 0.2) is 5.96 Å². The predicted octanol–water partition coefficient (Wildman–Crippen LogP) is 2.49. The second-order valence-corrected chi connectivity index (χ2v) is 6.17. The number of rotatable bonds is 4. The van der Waals surface area contributed by atoms with Crippen LogP contribution in [0, 0.1) is 12.3 Å². The van der Waals surface area contributed by atoms with Crippen LogP contribution in [0.2, 0.25) is 0 Å². The third kappa shape index (κ3) is 4.10. The van der Waals surface area contributed by atoms with Gasteiger partial charge in [0.1, 0.15) is 0 Å². The van der Waals surface area contributed by atoms with Gasteiger partial charge in [-0.25, -0.2) is 0 Å². The first-order valence-corrected chi connectivity index (χ1v) is 7.39. The average Bonchev–Trinajstić information content (AvgIpc) is 2.47. The Balaban J connectivity index is 0.00000242. The molecule has 1 fully saturated rings. The summed E-state index contributed by atoms with van der Waals surface area (Å²) in [4.78, 5) is 8.68. The van der Waals surface area contributed by atoms with Gasteiger partial charge in [-0.15, -0.1) is 24.0 Å². The highest BCUT2D eigenvalue weighted by atomic mass is 127. The van der Waals surface area contributed by atoms with Crippen molar-refractivity contribution in [3.8, 4) is 0 Å². The fourth-order valence-electron chi connectivity index (χ4n) is 2.76. The smallest absolute Gasteiger partial charge is 0.191 e. The van der Waals surface area contributed by atoms with Crippen LogP contribution in [0.5, 0.6) is 0 Å². The summed E-state index contributed by atoms with van der Waals surface area (Å²) in [6.45, 7) is 7.18. The quantitative estimate of drug-likeness (QED) is 0.448. The number of hydrogen-bond donors (Lipinski definition) is 2. The van der Waals surface area contributed by atoms with Crippen molar-refractivity contribution in [2.24, 2.45) is 10.4 Å². The molecule has 1 aromatic rings. The first-order chi connectivity index (χ1) is 9.98. The lowest BCUT2D eigenvalue weighted by molar-refractivity contribution is -0.0922. The summed E-state index contributed by atoms with van der Waals surface area (Å²) in [6, 6.07) is 4.39. The summed E-state index contributed by atoms with van der Waals surface area (Å²) in [5.41, 5.74) is 2.35. The van der Waals surface area contributed by atoms with Gasteiger partial charge in [0.25, 0.3) is 0 Å². The molecule has 2 rings (SSSR count). The van der Waals surface area contributed by atoms with E-state index in [1.165, 1.54) is 5.56 Å². The molecule has 22 heavy (non-hydrogen) atoms. The average molecular weight is 418 g/mol. The van der Waals surface area contributed by atoms with Crippen LogP contribution in [0.15, 0.2) is 23.3 Å². The molecule has 1 aliphatic carbocycles. The standard InChI is InChI=1S/C16H26N4O.HI/c1-11-7-6-8-18-12(11)10-19-15(17-4)20-13-9-14(21-5)16(13,2)3;/h6-8,13-14H,9-10H2,1-5H3,(H2,17,19,20);1H. The van der Waals surface area contributed by atoms with Gasteiger partial charge in [-0.05, 0) is 25.0 Å². The summed E-state index contributed by atoms with van der Waals surface area (Å²) in [6.07, 6.45) is 3.14. The topological polar surface area (TPSA) is 58.5 Å². The van der Waals surface area contributed by atoms with Crippen LogP contribution in [-0.4, -0.2) is 37.2 Å². The van der Waals surface area contributed by atoms with E-state index >= 15 is 0 Å². The number of nitrogens with one attached hydrogen (secondary N) is 2. The van der Waals surface area contributed by atoms with Crippen molar-refractivity contribution >= 4 is 29.9 Å². The molecule has 0 spiro atoms. The van der Waals surface area contributed by atoms with Gasteiger partial charge in [0.05, 0.1) is 18.3 Å². The zero-order valence-electron chi connectivity index (χ0n) is 14.0. The highest BCUT2D eigenvalue weighted by molar-refractivity contribution is 14.0. The van der Waals surface area contributed by atoms with Crippen LogP contribution in [0.3, 0.4) is 0 Å². The summed E-state index contributed by atoms with van der Waals surface area (Å²) in [5.74, 6) is 0.813. The van der Waals surface area contributed by atoms with E-state index in [1.54, 1.807) is 14.2 Å². The Kier molecular flexibility index (Phi) is 7.05. The monoisotopic (exact) mass is 418 g/mol. The van der Waals surface area contributed by atoms with E-state index in [-0.39, 0.29) is 29.4 Å². The summed E-state index contributed by atoms with van der Waals surface area (Å²) in [7, 11) is 3.57. The van der Waals surface area contributed by atoms with Crippen molar-refractivity contribution < 1.29 is 4.74 Å². The van der Waals surface area contributed by atoms with Crippen LogP contribution in [-0.2, 0) is 11.3 Å². The van der Waals surface area contributed by atoms with Gasteiger partial charge < -0.3 is 15.4 Å². The summed E-state index contributed by atoms with van der Waals surface area (Å²) in [5, 5.41) is 6.81. The molecule has 1 aromatic heterocycles. The number of pyridine rings is 1. The van der Waals surface area contributed by atoms with E-state index in [9.17, 15) is 0 Å². The van der Waals surface area contributed by atoms with Crippen molar-refractivity contribution in [1.82, 2.24) is 15.6 Å². The molecule has 2 N–H and O–H groups in total. The molecule has 1 saturated carbocycles. The highest BCUT2D eigenvalue weighted by Gasteiger charge is 2.48. The third-order valence-electron chi connectivity index (χ3n) is 4.54. The van der Waals surface area contributed by atoms with E-state index in [2.05, 4.69) is 47.4 Å². The zero-order valence-corrected chi connectivity index (χ0v) is 16.3. The molecule has 0 radical (unpaired) electrons. The lowest BCUT2D eigenvalue weighted by Crippen LogP contribution is -2.63. The maximum Gasteiger partial charge on any atom is 0.191 e. The minimum absolute atomic E-state index is 0. The number of nitrogens with zero attached hydrogens (tertiary/aromatic N) is 2. The Bertz CT molecular complexity index is 519. The van der Waals surface area contributed by atoms with E-state index in [4.69, 9.17) is 4.74 Å². The van der Waals surface area contributed by atoms with Gasteiger partial charge in [-0.2, -0.15) is 0 Å². The van der Waals surface area contributed by atoms with Gasteiger partial charge in [-0.1, -0.05) is 19.9 Å². The molecule has 6 heteroatoms. The molecule has 1 heterocycles. The number of hydrogen-bond acceptors (Lipinski definition) is 3. The van der Waals surface area contributed by atoms with Gasteiger partial charge in [0, 0.05) is 31.8 Å². The number of ether oxygens (including phenoxy) is 1. The first kappa shape index (κ1) is 19.2. The Labute approximate surface area is 150 Å². The van der Waals surface area contributed by atoms with Gasteiger partial charge in [0.2, 0.25) is 0 Å². The molecule has 2 unspecified atom stereocenters. The molecule has 0 aromatic carbocycles. The minimum atomic E-state index is 0. The van der Waals surface area contributed by atoms with Crippen LogP contribution in [0.4, 0.5) is 0 Å². The van der Waals surface area contributed by atoms with E-state index < -0.39 is 0 Å². The number of aromatic nitrogens is 1. The Morgan fingerprint density at radius 1 is 1.50 bits per heavy atom. The maximum absolute atomic E-state index is 5.48. The Hall–Kier alpha value is -0.890. The second kappa shape index (κ2) is 8.10. The van der Waals surface area contributed by atoms with E-state index in [1.807, 2.05) is 12.3 Å². The van der Waals surface area contributed by atoms with Crippen molar-refractivity contribution in [3.05, 3.63) is 29.6 Å². The molecule has 0 bridgehead atoms. The van der Waals surface area contributed by atoms with Crippen LogP contribution < -0.4 is 10.6 Å².